The van der Waals surface area contributed by atoms with Crippen molar-refractivity contribution in [1.82, 2.24) is 14.7 Å². The second kappa shape index (κ2) is 5.71. The number of anilines is 1. The molecular formula is C13H24N4O. The summed E-state index contributed by atoms with van der Waals surface area (Å²) in [5.74, 6) is 0.847. The van der Waals surface area contributed by atoms with Gasteiger partial charge in [0.2, 0.25) is 0 Å². The fourth-order valence-electron chi connectivity index (χ4n) is 2.15. The van der Waals surface area contributed by atoms with Crippen LogP contribution in [0, 0.1) is 5.92 Å². The molecule has 0 amide bonds. The van der Waals surface area contributed by atoms with Gasteiger partial charge in [-0.15, -0.1) is 0 Å². The van der Waals surface area contributed by atoms with Gasteiger partial charge in [-0.25, -0.2) is 0 Å². The molecule has 2 rings (SSSR count). The lowest BCUT2D eigenvalue weighted by Crippen LogP contribution is -2.40. The minimum Gasteiger partial charge on any atom is -0.396 e. The van der Waals surface area contributed by atoms with E-state index in [0.29, 0.717) is 24.8 Å². The van der Waals surface area contributed by atoms with Gasteiger partial charge in [-0.2, -0.15) is 5.10 Å². The molecule has 5 nitrogen and oxygen atoms in total. The monoisotopic (exact) mass is 252 g/mol. The third-order valence-electron chi connectivity index (χ3n) is 3.42. The summed E-state index contributed by atoms with van der Waals surface area (Å²) in [6.45, 7) is 6.68. The first kappa shape index (κ1) is 13.4. The van der Waals surface area contributed by atoms with Crippen molar-refractivity contribution in [2.75, 3.05) is 18.8 Å². The lowest BCUT2D eigenvalue weighted by atomic mass is 10.2. The van der Waals surface area contributed by atoms with Crippen LogP contribution >= 0.6 is 0 Å². The highest BCUT2D eigenvalue weighted by Crippen LogP contribution is 2.30. The van der Waals surface area contributed by atoms with Crippen LogP contribution in [-0.2, 0) is 6.54 Å². The molecule has 18 heavy (non-hydrogen) atoms. The molecule has 1 aromatic rings. The van der Waals surface area contributed by atoms with Crippen molar-refractivity contribution in [3.63, 3.8) is 0 Å². The highest BCUT2D eigenvalue weighted by Gasteiger charge is 2.26. The zero-order valence-electron chi connectivity index (χ0n) is 11.3. The van der Waals surface area contributed by atoms with E-state index in [0.717, 1.165) is 12.5 Å². The van der Waals surface area contributed by atoms with E-state index in [-0.39, 0.29) is 0 Å². The fourth-order valence-corrected chi connectivity index (χ4v) is 2.15. The number of aromatic nitrogens is 2. The molecule has 0 bridgehead atoms. The van der Waals surface area contributed by atoms with E-state index in [4.69, 9.17) is 5.73 Å². The summed E-state index contributed by atoms with van der Waals surface area (Å²) in [4.78, 5) is 2.36. The number of aliphatic hydroxyl groups is 1. The fraction of sp³-hybridized carbons (Fsp3) is 0.769. The third kappa shape index (κ3) is 3.99. The highest BCUT2D eigenvalue weighted by molar-refractivity contribution is 5.30. The Morgan fingerprint density at radius 2 is 2.28 bits per heavy atom. The average Bonchev–Trinajstić information content (AvgIpc) is 3.01. The Morgan fingerprint density at radius 1 is 1.56 bits per heavy atom. The van der Waals surface area contributed by atoms with Crippen LogP contribution in [0.25, 0.3) is 0 Å². The Morgan fingerprint density at radius 3 is 2.78 bits per heavy atom. The van der Waals surface area contributed by atoms with Crippen molar-refractivity contribution in [1.29, 1.82) is 0 Å². The van der Waals surface area contributed by atoms with Crippen molar-refractivity contribution in [3.8, 4) is 0 Å². The van der Waals surface area contributed by atoms with E-state index in [1.807, 2.05) is 0 Å². The van der Waals surface area contributed by atoms with Crippen LogP contribution in [0.5, 0.6) is 0 Å². The molecule has 1 fully saturated rings. The first-order valence-electron chi connectivity index (χ1n) is 6.74. The Bertz CT molecular complexity index is 373. The van der Waals surface area contributed by atoms with Crippen molar-refractivity contribution in [3.05, 3.63) is 12.4 Å². The molecule has 1 heterocycles. The molecule has 5 heteroatoms. The van der Waals surface area contributed by atoms with E-state index in [1.165, 1.54) is 12.8 Å². The van der Waals surface area contributed by atoms with Gasteiger partial charge in [0, 0.05) is 25.3 Å². The molecule has 1 atom stereocenters. The van der Waals surface area contributed by atoms with E-state index in [9.17, 15) is 5.11 Å². The number of hydrogen-bond donors (Lipinski definition) is 2. The van der Waals surface area contributed by atoms with Crippen LogP contribution in [0.2, 0.25) is 0 Å². The molecular weight excluding hydrogens is 228 g/mol. The first-order valence-corrected chi connectivity index (χ1v) is 6.74. The maximum atomic E-state index is 10.1. The molecule has 1 aliphatic carbocycles. The summed E-state index contributed by atoms with van der Waals surface area (Å²) in [7, 11) is 0. The SMILES string of the molecule is CC(C)N(CC(O)Cn1cc(N)cn1)CC1CC1. The molecule has 0 aromatic carbocycles. The molecule has 102 valence electrons. The average molecular weight is 252 g/mol. The van der Waals surface area contributed by atoms with Crippen molar-refractivity contribution in [2.45, 2.75) is 45.4 Å². The van der Waals surface area contributed by atoms with Gasteiger partial charge in [0.1, 0.15) is 0 Å². The van der Waals surface area contributed by atoms with Crippen LogP contribution < -0.4 is 5.73 Å². The summed E-state index contributed by atoms with van der Waals surface area (Å²) >= 11 is 0. The second-order valence-corrected chi connectivity index (χ2v) is 5.64. The molecule has 0 radical (unpaired) electrons. The molecule has 0 saturated heterocycles. The summed E-state index contributed by atoms with van der Waals surface area (Å²) < 4.78 is 1.70. The molecule has 1 unspecified atom stereocenters. The lowest BCUT2D eigenvalue weighted by Gasteiger charge is -2.28. The normalized spacial score (nSPS) is 17.6. The summed E-state index contributed by atoms with van der Waals surface area (Å²) in [5.41, 5.74) is 6.24. The van der Waals surface area contributed by atoms with Gasteiger partial charge < -0.3 is 10.8 Å². The standard InChI is InChI=1S/C13H24N4O/c1-10(2)16(6-11-3-4-11)8-13(18)9-17-7-12(14)5-15-17/h5,7,10-11,13,18H,3-4,6,8-9,14H2,1-2H3. The van der Waals surface area contributed by atoms with Gasteiger partial charge in [0.25, 0.3) is 0 Å². The molecule has 1 aliphatic rings. The van der Waals surface area contributed by atoms with E-state index < -0.39 is 6.10 Å². The van der Waals surface area contributed by atoms with Gasteiger partial charge in [-0.05, 0) is 32.6 Å². The zero-order valence-corrected chi connectivity index (χ0v) is 11.3. The van der Waals surface area contributed by atoms with Gasteiger partial charge in [0.15, 0.2) is 0 Å². The van der Waals surface area contributed by atoms with E-state index in [1.54, 1.807) is 17.1 Å². The molecule has 0 aliphatic heterocycles. The smallest absolute Gasteiger partial charge is 0.0862 e. The number of hydrogen-bond acceptors (Lipinski definition) is 4. The van der Waals surface area contributed by atoms with Crippen molar-refractivity contribution >= 4 is 5.69 Å². The predicted molar refractivity (Wildman–Crippen MR) is 72.1 cm³/mol. The van der Waals surface area contributed by atoms with Gasteiger partial charge >= 0.3 is 0 Å². The van der Waals surface area contributed by atoms with Crippen LogP contribution in [-0.4, -0.2) is 45.0 Å². The third-order valence-corrected chi connectivity index (χ3v) is 3.42. The predicted octanol–water partition coefficient (Wildman–Crippen LogP) is 0.947. The first-order chi connectivity index (χ1) is 8.54. The minimum absolute atomic E-state index is 0.398. The van der Waals surface area contributed by atoms with Gasteiger partial charge in [-0.3, -0.25) is 9.58 Å². The number of nitrogens with two attached hydrogens (primary N) is 1. The summed E-state index contributed by atoms with van der Waals surface area (Å²) in [6, 6.07) is 0.475. The van der Waals surface area contributed by atoms with E-state index in [2.05, 4.69) is 23.8 Å². The Kier molecular flexibility index (Phi) is 4.24. The minimum atomic E-state index is -0.398. The van der Waals surface area contributed by atoms with Crippen LogP contribution in [0.3, 0.4) is 0 Å². The zero-order chi connectivity index (χ0) is 13.1. The maximum absolute atomic E-state index is 10.1. The largest absolute Gasteiger partial charge is 0.396 e. The molecule has 3 N–H and O–H groups in total. The number of nitrogens with zero attached hydrogens (tertiary/aromatic N) is 3. The summed E-state index contributed by atoms with van der Waals surface area (Å²) in [6.07, 6.45) is 5.65. The molecule has 1 saturated carbocycles. The highest BCUT2D eigenvalue weighted by atomic mass is 16.3. The van der Waals surface area contributed by atoms with Crippen molar-refractivity contribution < 1.29 is 5.11 Å². The Hall–Kier alpha value is -1.07. The lowest BCUT2D eigenvalue weighted by molar-refractivity contribution is 0.0777. The number of rotatable bonds is 7. The second-order valence-electron chi connectivity index (χ2n) is 5.64. The van der Waals surface area contributed by atoms with Gasteiger partial charge in [-0.1, -0.05) is 0 Å². The van der Waals surface area contributed by atoms with Crippen LogP contribution in [0.1, 0.15) is 26.7 Å². The topological polar surface area (TPSA) is 67.3 Å². The number of aliphatic hydroxyl groups excluding tert-OH is 1. The van der Waals surface area contributed by atoms with Crippen LogP contribution in [0.15, 0.2) is 12.4 Å². The Labute approximate surface area is 109 Å². The van der Waals surface area contributed by atoms with Crippen molar-refractivity contribution in [2.24, 2.45) is 5.92 Å². The van der Waals surface area contributed by atoms with E-state index >= 15 is 0 Å². The molecule has 0 spiro atoms. The van der Waals surface area contributed by atoms with Crippen LogP contribution in [0.4, 0.5) is 5.69 Å². The maximum Gasteiger partial charge on any atom is 0.0862 e. The summed E-state index contributed by atoms with van der Waals surface area (Å²) in [5, 5.41) is 14.2. The van der Waals surface area contributed by atoms with Gasteiger partial charge in [0.05, 0.1) is 24.5 Å². The molecule has 1 aromatic heterocycles. The Balaban J connectivity index is 1.81. The quantitative estimate of drug-likeness (QED) is 0.758. The number of nitrogen functional groups attached to an aromatic ring is 1.